The van der Waals surface area contributed by atoms with Gasteiger partial charge in [0.1, 0.15) is 0 Å². The summed E-state index contributed by atoms with van der Waals surface area (Å²) in [6, 6.07) is 21.3. The second-order valence-corrected chi connectivity index (χ2v) is 9.59. The van der Waals surface area contributed by atoms with E-state index in [2.05, 4.69) is 30.5 Å². The third-order valence-corrected chi connectivity index (χ3v) is 6.82. The van der Waals surface area contributed by atoms with E-state index in [4.69, 9.17) is 0 Å². The molecule has 1 aliphatic heterocycles. The Bertz CT molecular complexity index is 1470. The molecular formula is C29H30N6O2. The molecule has 2 aromatic heterocycles. The highest BCUT2D eigenvalue weighted by Gasteiger charge is 2.35. The zero-order chi connectivity index (χ0) is 25.9. The average Bonchev–Trinajstić information content (AvgIpc) is 3.30. The molecule has 1 saturated heterocycles. The number of carbonyl (C=O) groups is 1. The minimum absolute atomic E-state index is 0.0280. The highest BCUT2D eigenvalue weighted by Crippen LogP contribution is 2.34. The van der Waals surface area contributed by atoms with Crippen LogP contribution in [0.25, 0.3) is 11.3 Å². The predicted octanol–water partition coefficient (Wildman–Crippen LogP) is 4.82. The Balaban J connectivity index is 1.34. The van der Waals surface area contributed by atoms with Crippen LogP contribution in [0.2, 0.25) is 0 Å². The third-order valence-electron chi connectivity index (χ3n) is 6.82. The highest BCUT2D eigenvalue weighted by atomic mass is 16.2. The van der Waals surface area contributed by atoms with Crippen molar-refractivity contribution in [1.82, 2.24) is 19.9 Å². The maximum atomic E-state index is 13.1. The second-order valence-electron chi connectivity index (χ2n) is 9.59. The molecule has 0 saturated carbocycles. The van der Waals surface area contributed by atoms with Gasteiger partial charge in [0.05, 0.1) is 23.3 Å². The molecule has 0 spiro atoms. The number of nitrogens with one attached hydrogen (secondary N) is 3. The minimum Gasteiger partial charge on any atom is -0.326 e. The molecule has 37 heavy (non-hydrogen) atoms. The van der Waals surface area contributed by atoms with Crippen molar-refractivity contribution in [2.24, 2.45) is 5.92 Å². The summed E-state index contributed by atoms with van der Waals surface area (Å²) in [7, 11) is 2.02. The van der Waals surface area contributed by atoms with Gasteiger partial charge in [-0.1, -0.05) is 35.9 Å². The summed E-state index contributed by atoms with van der Waals surface area (Å²) < 4.78 is 0. The predicted molar refractivity (Wildman–Crippen MR) is 146 cm³/mol. The Morgan fingerprint density at radius 2 is 1.84 bits per heavy atom. The normalized spacial score (nSPS) is 17.5. The average molecular weight is 495 g/mol. The summed E-state index contributed by atoms with van der Waals surface area (Å²) in [5, 5.41) is 6.23. The van der Waals surface area contributed by atoms with E-state index in [0.717, 1.165) is 22.5 Å². The van der Waals surface area contributed by atoms with E-state index >= 15 is 0 Å². The van der Waals surface area contributed by atoms with Gasteiger partial charge in [-0.25, -0.2) is 4.98 Å². The number of hydrogen-bond donors (Lipinski definition) is 3. The largest absolute Gasteiger partial charge is 0.326 e. The molecule has 0 bridgehead atoms. The molecule has 4 aromatic rings. The van der Waals surface area contributed by atoms with Gasteiger partial charge in [0.25, 0.3) is 5.56 Å². The van der Waals surface area contributed by atoms with Crippen LogP contribution < -0.4 is 16.2 Å². The summed E-state index contributed by atoms with van der Waals surface area (Å²) in [6.45, 7) is 4.42. The zero-order valence-electron chi connectivity index (χ0n) is 21.2. The van der Waals surface area contributed by atoms with Gasteiger partial charge >= 0.3 is 0 Å². The highest BCUT2D eigenvalue weighted by molar-refractivity contribution is 5.93. The molecule has 3 heterocycles. The molecule has 2 aromatic carbocycles. The number of pyridine rings is 1. The van der Waals surface area contributed by atoms with E-state index in [0.29, 0.717) is 35.9 Å². The third kappa shape index (κ3) is 5.44. The number of H-pyrrole nitrogens is 1. The molecule has 8 heteroatoms. The van der Waals surface area contributed by atoms with E-state index in [1.807, 2.05) is 80.7 Å². The lowest BCUT2D eigenvalue weighted by molar-refractivity contribution is -0.119. The lowest BCUT2D eigenvalue weighted by Crippen LogP contribution is -2.25. The molecule has 2 atom stereocenters. The van der Waals surface area contributed by atoms with Crippen LogP contribution in [0.3, 0.4) is 0 Å². The Morgan fingerprint density at radius 3 is 2.59 bits per heavy atom. The molecule has 8 nitrogen and oxygen atoms in total. The van der Waals surface area contributed by atoms with Crippen molar-refractivity contribution in [3.63, 3.8) is 0 Å². The van der Waals surface area contributed by atoms with Crippen LogP contribution in [-0.2, 0) is 4.79 Å². The molecular weight excluding hydrogens is 464 g/mol. The molecule has 1 amide bonds. The lowest BCUT2D eigenvalue weighted by Gasteiger charge is -2.17. The van der Waals surface area contributed by atoms with E-state index in [1.165, 1.54) is 0 Å². The van der Waals surface area contributed by atoms with Gasteiger partial charge in [-0.05, 0) is 63.7 Å². The first-order chi connectivity index (χ1) is 17.9. The number of aromatic nitrogens is 3. The van der Waals surface area contributed by atoms with E-state index in [-0.39, 0.29) is 23.4 Å². The molecule has 2 unspecified atom stereocenters. The molecule has 0 radical (unpaired) electrons. The maximum absolute atomic E-state index is 13.1. The lowest BCUT2D eigenvalue weighted by atomic mass is 10.0. The van der Waals surface area contributed by atoms with Crippen molar-refractivity contribution in [2.45, 2.75) is 26.3 Å². The molecule has 3 N–H and O–H groups in total. The van der Waals surface area contributed by atoms with E-state index < -0.39 is 0 Å². The van der Waals surface area contributed by atoms with Crippen molar-refractivity contribution < 1.29 is 4.79 Å². The fourth-order valence-electron chi connectivity index (χ4n) is 4.74. The monoisotopic (exact) mass is 494 g/mol. The Morgan fingerprint density at radius 1 is 1.03 bits per heavy atom. The van der Waals surface area contributed by atoms with Gasteiger partial charge < -0.3 is 10.6 Å². The SMILES string of the molecule is Cc1ccc(Nc2nc(-c3cccc(NC(=O)C4CC(c5ccccn5)N(C)C4)c3)c(C)c(=O)[nH]2)cc1. The van der Waals surface area contributed by atoms with Gasteiger partial charge in [0, 0.05) is 35.2 Å². The molecule has 188 valence electrons. The van der Waals surface area contributed by atoms with E-state index in [1.54, 1.807) is 13.1 Å². The van der Waals surface area contributed by atoms with Crippen LogP contribution in [0.4, 0.5) is 17.3 Å². The summed E-state index contributed by atoms with van der Waals surface area (Å²) in [5.74, 6) is 0.184. The topological polar surface area (TPSA) is 103 Å². The van der Waals surface area contributed by atoms with Crippen LogP contribution in [0.1, 0.15) is 29.3 Å². The summed E-state index contributed by atoms with van der Waals surface area (Å²) >= 11 is 0. The Labute approximate surface area is 215 Å². The van der Waals surface area contributed by atoms with Crippen molar-refractivity contribution in [3.05, 3.63) is 100 Å². The zero-order valence-corrected chi connectivity index (χ0v) is 21.2. The number of aromatic amines is 1. The number of nitrogens with zero attached hydrogens (tertiary/aromatic N) is 3. The quantitative estimate of drug-likeness (QED) is 0.355. The standard InChI is InChI=1S/C29H30N6O2/c1-18-10-12-22(13-11-18)32-29-33-26(19(2)27(36)34-29)20-7-6-8-23(15-20)31-28(37)21-16-25(35(3)17-21)24-9-4-5-14-30-24/h4-15,21,25H,16-17H2,1-3H3,(H,31,37)(H2,32,33,34,36). The molecule has 1 fully saturated rings. The van der Waals surface area contributed by atoms with Gasteiger partial charge in [0.15, 0.2) is 0 Å². The van der Waals surface area contributed by atoms with E-state index in [9.17, 15) is 9.59 Å². The van der Waals surface area contributed by atoms with Gasteiger partial charge in [0.2, 0.25) is 11.9 Å². The number of amides is 1. The Hall–Kier alpha value is -4.30. The van der Waals surface area contributed by atoms with Gasteiger partial charge in [-0.3, -0.25) is 24.5 Å². The fourth-order valence-corrected chi connectivity index (χ4v) is 4.74. The van der Waals surface area contributed by atoms with Crippen LogP contribution >= 0.6 is 0 Å². The number of carbonyl (C=O) groups excluding carboxylic acids is 1. The smallest absolute Gasteiger partial charge is 0.255 e. The minimum atomic E-state index is -0.219. The number of rotatable bonds is 6. The number of hydrogen-bond acceptors (Lipinski definition) is 6. The number of likely N-dealkylation sites (tertiary alicyclic amines) is 1. The number of anilines is 3. The summed E-state index contributed by atoms with van der Waals surface area (Å²) in [4.78, 5) is 40.0. The summed E-state index contributed by atoms with van der Waals surface area (Å²) in [6.07, 6.45) is 2.50. The van der Waals surface area contributed by atoms with Crippen molar-refractivity contribution >= 4 is 23.2 Å². The van der Waals surface area contributed by atoms with Crippen molar-refractivity contribution in [2.75, 3.05) is 24.2 Å². The molecule has 0 aliphatic carbocycles. The first-order valence-corrected chi connectivity index (χ1v) is 12.3. The first-order valence-electron chi connectivity index (χ1n) is 12.3. The van der Waals surface area contributed by atoms with Crippen LogP contribution in [0, 0.1) is 19.8 Å². The summed E-state index contributed by atoms with van der Waals surface area (Å²) in [5.41, 5.74) is 5.22. The van der Waals surface area contributed by atoms with Gasteiger partial charge in [-0.2, -0.15) is 0 Å². The molecule has 5 rings (SSSR count). The first kappa shape index (κ1) is 24.4. The second kappa shape index (κ2) is 10.4. The molecule has 1 aliphatic rings. The Kier molecular flexibility index (Phi) is 6.83. The maximum Gasteiger partial charge on any atom is 0.255 e. The van der Waals surface area contributed by atoms with Crippen molar-refractivity contribution in [1.29, 1.82) is 0 Å². The van der Waals surface area contributed by atoms with Crippen molar-refractivity contribution in [3.8, 4) is 11.3 Å². The van der Waals surface area contributed by atoms with Gasteiger partial charge in [-0.15, -0.1) is 0 Å². The van der Waals surface area contributed by atoms with Crippen LogP contribution in [-0.4, -0.2) is 39.4 Å². The van der Waals surface area contributed by atoms with Crippen LogP contribution in [0.5, 0.6) is 0 Å². The number of aryl methyl sites for hydroxylation is 1. The number of benzene rings is 2. The van der Waals surface area contributed by atoms with Crippen LogP contribution in [0.15, 0.2) is 77.7 Å². The fraction of sp³-hybridized carbons (Fsp3) is 0.241.